The zero-order valence-corrected chi connectivity index (χ0v) is 9.78. The van der Waals surface area contributed by atoms with Crippen LogP contribution in [0.5, 0.6) is 5.75 Å². The second kappa shape index (κ2) is 5.47. The maximum absolute atomic E-state index is 12.3. The van der Waals surface area contributed by atoms with Gasteiger partial charge in [-0.15, -0.1) is 0 Å². The lowest BCUT2D eigenvalue weighted by Gasteiger charge is -2.14. The van der Waals surface area contributed by atoms with E-state index in [2.05, 4.69) is 0 Å². The van der Waals surface area contributed by atoms with Gasteiger partial charge in [-0.1, -0.05) is 42.5 Å². The predicted molar refractivity (Wildman–Crippen MR) is 68.7 cm³/mol. The summed E-state index contributed by atoms with van der Waals surface area (Å²) < 4.78 is 0. The first-order valence-electron chi connectivity index (χ1n) is 5.72. The number of aliphatic hydroxyl groups is 1. The number of para-hydroxylation sites is 1. The molecule has 18 heavy (non-hydrogen) atoms. The fraction of sp³-hybridized carbons (Fsp3) is 0.133. The third-order valence-electron chi connectivity index (χ3n) is 2.87. The first-order chi connectivity index (χ1) is 8.74. The van der Waals surface area contributed by atoms with Crippen LogP contribution in [0.2, 0.25) is 0 Å². The van der Waals surface area contributed by atoms with Gasteiger partial charge >= 0.3 is 0 Å². The molecule has 0 aliphatic heterocycles. The van der Waals surface area contributed by atoms with Gasteiger partial charge in [0.25, 0.3) is 0 Å². The Bertz CT molecular complexity index is 534. The molecular weight excluding hydrogens is 228 g/mol. The van der Waals surface area contributed by atoms with Crippen molar-refractivity contribution in [2.24, 2.45) is 0 Å². The fourth-order valence-electron chi connectivity index (χ4n) is 1.89. The highest BCUT2D eigenvalue weighted by atomic mass is 16.3. The number of hydrogen-bond acceptors (Lipinski definition) is 3. The van der Waals surface area contributed by atoms with E-state index in [9.17, 15) is 15.0 Å². The monoisotopic (exact) mass is 242 g/mol. The van der Waals surface area contributed by atoms with Crippen molar-refractivity contribution in [1.82, 2.24) is 0 Å². The number of carbonyl (C=O) groups is 1. The molecule has 0 heterocycles. The summed E-state index contributed by atoms with van der Waals surface area (Å²) in [5, 5.41) is 19.1. The Hall–Kier alpha value is -2.13. The van der Waals surface area contributed by atoms with Gasteiger partial charge < -0.3 is 10.2 Å². The number of carbonyl (C=O) groups excluding carboxylic acids is 1. The first-order valence-corrected chi connectivity index (χ1v) is 5.72. The quantitative estimate of drug-likeness (QED) is 0.809. The summed E-state index contributed by atoms with van der Waals surface area (Å²) in [6.07, 6.45) is 0. The van der Waals surface area contributed by atoms with Crippen LogP contribution in [0.1, 0.15) is 21.8 Å². The van der Waals surface area contributed by atoms with Gasteiger partial charge in [0.05, 0.1) is 18.1 Å². The summed E-state index contributed by atoms with van der Waals surface area (Å²) in [6, 6.07) is 15.4. The Morgan fingerprint density at radius 2 is 1.61 bits per heavy atom. The van der Waals surface area contributed by atoms with E-state index in [1.807, 2.05) is 18.2 Å². The van der Waals surface area contributed by atoms with Crippen molar-refractivity contribution in [1.29, 1.82) is 0 Å². The Morgan fingerprint density at radius 1 is 1.00 bits per heavy atom. The molecule has 2 aromatic carbocycles. The van der Waals surface area contributed by atoms with Gasteiger partial charge in [0.2, 0.25) is 0 Å². The van der Waals surface area contributed by atoms with Crippen molar-refractivity contribution in [2.45, 2.75) is 5.92 Å². The molecule has 0 bridgehead atoms. The standard InChI is InChI=1S/C15H14O3/c16-10-13(11-6-2-1-3-7-11)15(18)12-8-4-5-9-14(12)17/h1-9,13,16-17H,10H2. The molecule has 0 saturated carbocycles. The molecule has 92 valence electrons. The molecule has 1 unspecified atom stereocenters. The third-order valence-corrected chi connectivity index (χ3v) is 2.87. The van der Waals surface area contributed by atoms with Crippen LogP contribution in [0.3, 0.4) is 0 Å². The van der Waals surface area contributed by atoms with E-state index in [1.54, 1.807) is 30.3 Å². The number of phenols is 1. The smallest absolute Gasteiger partial charge is 0.176 e. The Balaban J connectivity index is 2.35. The van der Waals surface area contributed by atoms with Crippen molar-refractivity contribution < 1.29 is 15.0 Å². The van der Waals surface area contributed by atoms with Crippen molar-refractivity contribution in [2.75, 3.05) is 6.61 Å². The molecule has 2 aromatic rings. The van der Waals surface area contributed by atoms with E-state index in [1.165, 1.54) is 6.07 Å². The number of aromatic hydroxyl groups is 1. The van der Waals surface area contributed by atoms with Gasteiger partial charge in [-0.2, -0.15) is 0 Å². The average Bonchev–Trinajstić information content (AvgIpc) is 2.41. The van der Waals surface area contributed by atoms with Gasteiger partial charge in [-0.05, 0) is 17.7 Å². The maximum Gasteiger partial charge on any atom is 0.176 e. The molecule has 2 N–H and O–H groups in total. The number of phenolic OH excluding ortho intramolecular Hbond substituents is 1. The van der Waals surface area contributed by atoms with Gasteiger partial charge in [0, 0.05) is 0 Å². The SMILES string of the molecule is O=C(c1ccccc1O)C(CO)c1ccccc1. The lowest BCUT2D eigenvalue weighted by molar-refractivity contribution is 0.0919. The largest absolute Gasteiger partial charge is 0.507 e. The van der Waals surface area contributed by atoms with Crippen LogP contribution in [0.25, 0.3) is 0 Å². The second-order valence-electron chi connectivity index (χ2n) is 4.03. The zero-order valence-electron chi connectivity index (χ0n) is 9.78. The molecule has 0 aliphatic carbocycles. The Labute approximate surface area is 105 Å². The first kappa shape index (κ1) is 12.3. The number of benzene rings is 2. The highest BCUT2D eigenvalue weighted by Gasteiger charge is 2.22. The molecule has 0 radical (unpaired) electrons. The molecule has 0 aromatic heterocycles. The fourth-order valence-corrected chi connectivity index (χ4v) is 1.89. The maximum atomic E-state index is 12.3. The number of ketones is 1. The van der Waals surface area contributed by atoms with Crippen LogP contribution in [0, 0.1) is 0 Å². The summed E-state index contributed by atoms with van der Waals surface area (Å²) in [5.41, 5.74) is 0.980. The topological polar surface area (TPSA) is 57.5 Å². The van der Waals surface area contributed by atoms with Crippen molar-refractivity contribution >= 4 is 5.78 Å². The van der Waals surface area contributed by atoms with Crippen molar-refractivity contribution in [3.05, 3.63) is 65.7 Å². The Kier molecular flexibility index (Phi) is 3.75. The minimum atomic E-state index is -0.639. The summed E-state index contributed by atoms with van der Waals surface area (Å²) in [7, 11) is 0. The molecule has 0 fully saturated rings. The van der Waals surface area contributed by atoms with Crippen LogP contribution in [0.4, 0.5) is 0 Å². The third kappa shape index (κ3) is 2.41. The van der Waals surface area contributed by atoms with Gasteiger partial charge in [-0.3, -0.25) is 4.79 Å². The highest BCUT2D eigenvalue weighted by Crippen LogP contribution is 2.25. The summed E-state index contributed by atoms with van der Waals surface area (Å²) in [5.74, 6) is -0.974. The van der Waals surface area contributed by atoms with Crippen molar-refractivity contribution in [3.8, 4) is 5.75 Å². The van der Waals surface area contributed by atoms with Crippen LogP contribution in [-0.2, 0) is 0 Å². The lowest BCUT2D eigenvalue weighted by atomic mass is 9.91. The molecule has 0 amide bonds. The minimum Gasteiger partial charge on any atom is -0.507 e. The molecule has 1 atom stereocenters. The Morgan fingerprint density at radius 3 is 2.22 bits per heavy atom. The average molecular weight is 242 g/mol. The molecule has 3 nitrogen and oxygen atoms in total. The summed E-state index contributed by atoms with van der Waals surface area (Å²) in [6.45, 7) is -0.281. The highest BCUT2D eigenvalue weighted by molar-refractivity contribution is 6.03. The second-order valence-corrected chi connectivity index (χ2v) is 4.03. The number of Topliss-reactive ketones (excluding diaryl/α,β-unsaturated/α-hetero) is 1. The number of hydrogen-bond donors (Lipinski definition) is 2. The number of aliphatic hydroxyl groups excluding tert-OH is 1. The van der Waals surface area contributed by atoms with Gasteiger partial charge in [0.15, 0.2) is 5.78 Å². The van der Waals surface area contributed by atoms with Gasteiger partial charge in [0.1, 0.15) is 5.75 Å². The zero-order chi connectivity index (χ0) is 13.0. The molecule has 2 rings (SSSR count). The van der Waals surface area contributed by atoms with Crippen molar-refractivity contribution in [3.63, 3.8) is 0 Å². The summed E-state index contributed by atoms with van der Waals surface area (Å²) >= 11 is 0. The van der Waals surface area contributed by atoms with E-state index >= 15 is 0 Å². The van der Waals surface area contributed by atoms with Crippen LogP contribution < -0.4 is 0 Å². The van der Waals surface area contributed by atoms with E-state index in [-0.39, 0.29) is 23.7 Å². The predicted octanol–water partition coefficient (Wildman–Crippen LogP) is 2.35. The summed E-state index contributed by atoms with van der Waals surface area (Å²) in [4.78, 5) is 12.3. The molecule has 0 aliphatic rings. The molecule has 3 heteroatoms. The van der Waals surface area contributed by atoms with Gasteiger partial charge in [-0.25, -0.2) is 0 Å². The molecule has 0 spiro atoms. The van der Waals surface area contributed by atoms with E-state index in [4.69, 9.17) is 0 Å². The minimum absolute atomic E-state index is 0.0584. The molecule has 0 saturated heterocycles. The van der Waals surface area contributed by atoms with Crippen LogP contribution in [-0.4, -0.2) is 22.6 Å². The van der Waals surface area contributed by atoms with Crippen LogP contribution >= 0.6 is 0 Å². The lowest BCUT2D eigenvalue weighted by Crippen LogP contribution is -2.16. The normalized spacial score (nSPS) is 12.1. The van der Waals surface area contributed by atoms with E-state index in [0.29, 0.717) is 0 Å². The van der Waals surface area contributed by atoms with E-state index < -0.39 is 5.92 Å². The molecular formula is C15H14O3. The van der Waals surface area contributed by atoms with E-state index in [0.717, 1.165) is 5.56 Å². The number of rotatable bonds is 4. The van der Waals surface area contributed by atoms with Crippen LogP contribution in [0.15, 0.2) is 54.6 Å².